The zero-order chi connectivity index (χ0) is 28.1. The molecule has 38 heavy (non-hydrogen) atoms. The van der Waals surface area contributed by atoms with Gasteiger partial charge in [-0.25, -0.2) is 9.78 Å². The predicted molar refractivity (Wildman–Crippen MR) is 144 cm³/mol. The minimum absolute atomic E-state index is 0.112. The SMILES string of the molecule is CC[C@H](NC(=O)[C@H](CC(C)C)NC(=O)CCc1ccccc1)C(=O)C(=O)NCCCn1c(N)ccnc1=O. The summed E-state index contributed by atoms with van der Waals surface area (Å²) in [5.74, 6) is -2.02. The molecule has 3 amide bonds. The standard InChI is InChI=1S/C27H38N6O5/c1-4-20(24(35)26(37)29-14-8-16-33-22(28)13-15-30-27(33)38)32-25(36)21(17-18(2)3)31-23(34)12-11-19-9-6-5-7-10-19/h5-7,9-10,13,15,18,20-21H,4,8,11-12,14,16-17,28H2,1-3H3,(H,29,37)(H,31,34)(H,32,36)/t20-,21-/m0/s1. The van der Waals surface area contributed by atoms with E-state index in [2.05, 4.69) is 20.9 Å². The van der Waals surface area contributed by atoms with Gasteiger partial charge in [-0.05, 0) is 43.2 Å². The maximum atomic E-state index is 13.0. The van der Waals surface area contributed by atoms with Crippen molar-refractivity contribution < 1.29 is 19.2 Å². The van der Waals surface area contributed by atoms with Gasteiger partial charge in [-0.3, -0.25) is 23.7 Å². The van der Waals surface area contributed by atoms with E-state index in [0.717, 1.165) is 5.56 Å². The van der Waals surface area contributed by atoms with E-state index in [1.54, 1.807) is 6.92 Å². The summed E-state index contributed by atoms with van der Waals surface area (Å²) in [4.78, 5) is 66.1. The molecule has 0 aliphatic heterocycles. The fourth-order valence-electron chi connectivity index (χ4n) is 3.85. The molecule has 0 aliphatic rings. The Bertz CT molecular complexity index is 1150. The number of amides is 3. The number of nitrogens with one attached hydrogen (secondary N) is 3. The topological polar surface area (TPSA) is 165 Å². The van der Waals surface area contributed by atoms with Crippen LogP contribution < -0.4 is 27.4 Å². The molecule has 2 atom stereocenters. The number of carbonyl (C=O) groups excluding carboxylic acids is 4. The first kappa shape index (κ1) is 30.2. The molecule has 0 radical (unpaired) electrons. The van der Waals surface area contributed by atoms with Gasteiger partial charge in [0.2, 0.25) is 17.6 Å². The molecule has 1 heterocycles. The second-order valence-electron chi connectivity index (χ2n) is 9.48. The van der Waals surface area contributed by atoms with E-state index in [9.17, 15) is 24.0 Å². The number of hydrogen-bond donors (Lipinski definition) is 4. The van der Waals surface area contributed by atoms with Crippen molar-refractivity contribution in [2.45, 2.75) is 71.5 Å². The van der Waals surface area contributed by atoms with Gasteiger partial charge < -0.3 is 21.7 Å². The number of aromatic nitrogens is 2. The Hall–Kier alpha value is -4.02. The third-order valence-corrected chi connectivity index (χ3v) is 5.92. The average molecular weight is 527 g/mol. The van der Waals surface area contributed by atoms with Crippen LogP contribution in [0.5, 0.6) is 0 Å². The van der Waals surface area contributed by atoms with E-state index in [4.69, 9.17) is 5.73 Å². The summed E-state index contributed by atoms with van der Waals surface area (Å²) in [5.41, 5.74) is 6.28. The second kappa shape index (κ2) is 15.3. The molecular weight excluding hydrogens is 488 g/mol. The molecule has 1 aromatic carbocycles. The Labute approximate surface area is 222 Å². The highest BCUT2D eigenvalue weighted by Crippen LogP contribution is 2.08. The highest BCUT2D eigenvalue weighted by molar-refractivity contribution is 6.38. The van der Waals surface area contributed by atoms with Gasteiger partial charge >= 0.3 is 5.69 Å². The first-order valence-corrected chi connectivity index (χ1v) is 12.9. The van der Waals surface area contributed by atoms with Crippen LogP contribution in [-0.2, 0) is 32.1 Å². The average Bonchev–Trinajstić information content (AvgIpc) is 2.89. The lowest BCUT2D eigenvalue weighted by atomic mass is 10.0. The normalized spacial score (nSPS) is 12.4. The molecule has 0 bridgehead atoms. The van der Waals surface area contributed by atoms with Crippen LogP contribution in [0.15, 0.2) is 47.4 Å². The first-order chi connectivity index (χ1) is 18.1. The molecule has 0 aliphatic carbocycles. The summed E-state index contributed by atoms with van der Waals surface area (Å²) in [6.45, 7) is 5.90. The molecule has 0 spiro atoms. The molecule has 0 saturated carbocycles. The van der Waals surface area contributed by atoms with Crippen molar-refractivity contribution in [3.8, 4) is 0 Å². The van der Waals surface area contributed by atoms with Crippen molar-refractivity contribution in [3.63, 3.8) is 0 Å². The van der Waals surface area contributed by atoms with Crippen molar-refractivity contribution in [1.82, 2.24) is 25.5 Å². The summed E-state index contributed by atoms with van der Waals surface area (Å²) in [5, 5.41) is 7.92. The molecule has 11 nitrogen and oxygen atoms in total. The molecular formula is C27H38N6O5. The molecule has 0 fully saturated rings. The summed E-state index contributed by atoms with van der Waals surface area (Å²) in [6, 6.07) is 9.21. The van der Waals surface area contributed by atoms with Crippen molar-refractivity contribution >= 4 is 29.3 Å². The van der Waals surface area contributed by atoms with Crippen LogP contribution in [0.1, 0.15) is 52.0 Å². The van der Waals surface area contributed by atoms with E-state index in [0.29, 0.717) is 19.3 Å². The summed E-state index contributed by atoms with van der Waals surface area (Å²) < 4.78 is 1.27. The van der Waals surface area contributed by atoms with Crippen molar-refractivity contribution in [1.29, 1.82) is 0 Å². The van der Waals surface area contributed by atoms with E-state index >= 15 is 0 Å². The minimum atomic E-state index is -1.03. The smallest absolute Gasteiger partial charge is 0.349 e. The number of benzene rings is 1. The van der Waals surface area contributed by atoms with E-state index in [-0.39, 0.29) is 43.6 Å². The number of anilines is 1. The molecule has 2 rings (SSSR count). The number of ketones is 1. The predicted octanol–water partition coefficient (Wildman–Crippen LogP) is 0.959. The maximum absolute atomic E-state index is 13.0. The Balaban J connectivity index is 1.88. The van der Waals surface area contributed by atoms with Crippen molar-refractivity contribution in [2.75, 3.05) is 12.3 Å². The largest absolute Gasteiger partial charge is 0.385 e. The van der Waals surface area contributed by atoms with Crippen LogP contribution in [-0.4, -0.2) is 51.7 Å². The third-order valence-electron chi connectivity index (χ3n) is 5.92. The van der Waals surface area contributed by atoms with Gasteiger partial charge in [0, 0.05) is 25.7 Å². The van der Waals surface area contributed by atoms with Gasteiger partial charge in [0.05, 0.1) is 6.04 Å². The molecule has 1 aromatic heterocycles. The number of rotatable bonds is 15. The van der Waals surface area contributed by atoms with Gasteiger partial charge in [0.15, 0.2) is 0 Å². The second-order valence-corrected chi connectivity index (χ2v) is 9.48. The minimum Gasteiger partial charge on any atom is -0.385 e. The Morgan fingerprint density at radius 2 is 1.74 bits per heavy atom. The lowest BCUT2D eigenvalue weighted by Gasteiger charge is -2.23. The zero-order valence-electron chi connectivity index (χ0n) is 22.2. The van der Waals surface area contributed by atoms with Crippen LogP contribution in [0.4, 0.5) is 5.82 Å². The number of aryl methyl sites for hydroxylation is 1. The first-order valence-electron chi connectivity index (χ1n) is 12.9. The molecule has 5 N–H and O–H groups in total. The number of Topliss-reactive ketones (excluding diaryl/α,β-unsaturated/α-hetero) is 1. The van der Waals surface area contributed by atoms with Gasteiger partial charge in [-0.1, -0.05) is 51.1 Å². The lowest BCUT2D eigenvalue weighted by molar-refractivity contribution is -0.140. The van der Waals surface area contributed by atoms with Crippen LogP contribution >= 0.6 is 0 Å². The molecule has 0 saturated heterocycles. The number of nitrogens with two attached hydrogens (primary N) is 1. The molecule has 206 valence electrons. The number of hydrogen-bond acceptors (Lipinski definition) is 7. The van der Waals surface area contributed by atoms with Gasteiger partial charge in [-0.2, -0.15) is 0 Å². The highest BCUT2D eigenvalue weighted by Gasteiger charge is 2.29. The summed E-state index contributed by atoms with van der Waals surface area (Å²) >= 11 is 0. The summed E-state index contributed by atoms with van der Waals surface area (Å²) in [6.07, 6.45) is 3.02. The number of nitrogens with zero attached hydrogens (tertiary/aromatic N) is 2. The van der Waals surface area contributed by atoms with Crippen LogP contribution in [0.2, 0.25) is 0 Å². The van der Waals surface area contributed by atoms with E-state index < -0.39 is 35.4 Å². The molecule has 2 aromatic rings. The Morgan fingerprint density at radius 1 is 1.03 bits per heavy atom. The Kier molecular flexibility index (Phi) is 12.1. The fraction of sp³-hybridized carbons (Fsp3) is 0.481. The fourth-order valence-corrected chi connectivity index (χ4v) is 3.85. The quantitative estimate of drug-likeness (QED) is 0.198. The van der Waals surface area contributed by atoms with E-state index in [1.807, 2.05) is 44.2 Å². The third kappa shape index (κ3) is 9.79. The highest BCUT2D eigenvalue weighted by atomic mass is 16.2. The van der Waals surface area contributed by atoms with Crippen molar-refractivity contribution in [3.05, 3.63) is 58.6 Å². The summed E-state index contributed by atoms with van der Waals surface area (Å²) in [7, 11) is 0. The molecule has 0 unspecified atom stereocenters. The van der Waals surface area contributed by atoms with E-state index in [1.165, 1.54) is 16.8 Å². The number of carbonyl (C=O) groups is 4. The molecule has 11 heteroatoms. The van der Waals surface area contributed by atoms with Gasteiger partial charge in [0.1, 0.15) is 11.9 Å². The Morgan fingerprint density at radius 3 is 2.37 bits per heavy atom. The monoisotopic (exact) mass is 526 g/mol. The maximum Gasteiger partial charge on any atom is 0.349 e. The zero-order valence-corrected chi connectivity index (χ0v) is 22.2. The van der Waals surface area contributed by atoms with Crippen molar-refractivity contribution in [2.24, 2.45) is 5.92 Å². The van der Waals surface area contributed by atoms with Crippen LogP contribution in [0, 0.1) is 5.92 Å². The van der Waals surface area contributed by atoms with Gasteiger partial charge in [0.25, 0.3) is 5.91 Å². The van der Waals surface area contributed by atoms with Crippen LogP contribution in [0.25, 0.3) is 0 Å². The van der Waals surface area contributed by atoms with Crippen LogP contribution in [0.3, 0.4) is 0 Å². The van der Waals surface area contributed by atoms with Gasteiger partial charge in [-0.15, -0.1) is 0 Å². The lowest BCUT2D eigenvalue weighted by Crippen LogP contribution is -2.54. The number of nitrogen functional groups attached to an aromatic ring is 1.